The van der Waals surface area contributed by atoms with Crippen LogP contribution in [-0.4, -0.2) is 18.5 Å². The standard InChI is InChI=1S/C17H24N2O/c1-3-12-18-17(20)14-8-10-15(11-9-14)19-16-7-5-4-6-13(16)2/h3,8-11,13,16,19H,1,4-7,12H2,2H3,(H,18,20). The van der Waals surface area contributed by atoms with Crippen molar-refractivity contribution in [3.8, 4) is 0 Å². The zero-order chi connectivity index (χ0) is 14.4. The molecule has 0 radical (unpaired) electrons. The van der Waals surface area contributed by atoms with Crippen LogP contribution in [0.5, 0.6) is 0 Å². The molecule has 2 unspecified atom stereocenters. The van der Waals surface area contributed by atoms with Crippen molar-refractivity contribution >= 4 is 11.6 Å². The first-order chi connectivity index (χ1) is 9.70. The molecule has 0 heterocycles. The van der Waals surface area contributed by atoms with Crippen molar-refractivity contribution in [1.82, 2.24) is 5.32 Å². The SMILES string of the molecule is C=CCNC(=O)c1ccc(NC2CCCCC2C)cc1. The third kappa shape index (κ3) is 3.86. The largest absolute Gasteiger partial charge is 0.382 e. The van der Waals surface area contributed by atoms with Gasteiger partial charge in [0.05, 0.1) is 0 Å². The lowest BCUT2D eigenvalue weighted by Gasteiger charge is -2.30. The fourth-order valence-corrected chi connectivity index (χ4v) is 2.73. The summed E-state index contributed by atoms with van der Waals surface area (Å²) in [5.74, 6) is 0.668. The fourth-order valence-electron chi connectivity index (χ4n) is 2.73. The maximum atomic E-state index is 11.8. The van der Waals surface area contributed by atoms with Gasteiger partial charge in [0.1, 0.15) is 0 Å². The van der Waals surface area contributed by atoms with E-state index in [0.29, 0.717) is 18.2 Å². The normalized spacial score (nSPS) is 22.1. The summed E-state index contributed by atoms with van der Waals surface area (Å²) >= 11 is 0. The predicted molar refractivity (Wildman–Crippen MR) is 84.0 cm³/mol. The minimum atomic E-state index is -0.0533. The summed E-state index contributed by atoms with van der Waals surface area (Å²) in [6.45, 7) is 6.40. The van der Waals surface area contributed by atoms with E-state index in [9.17, 15) is 4.79 Å². The Kier molecular flexibility index (Phi) is 5.22. The summed E-state index contributed by atoms with van der Waals surface area (Å²) in [6.07, 6.45) is 6.88. The van der Waals surface area contributed by atoms with Gasteiger partial charge in [0, 0.05) is 23.8 Å². The van der Waals surface area contributed by atoms with Gasteiger partial charge in [-0.05, 0) is 43.0 Å². The van der Waals surface area contributed by atoms with E-state index in [1.807, 2.05) is 24.3 Å². The van der Waals surface area contributed by atoms with E-state index in [1.165, 1.54) is 25.7 Å². The molecule has 2 rings (SSSR count). The molecule has 1 aromatic rings. The van der Waals surface area contributed by atoms with E-state index in [-0.39, 0.29) is 5.91 Å². The quantitative estimate of drug-likeness (QED) is 0.804. The lowest BCUT2D eigenvalue weighted by molar-refractivity contribution is 0.0958. The molecular formula is C17H24N2O. The third-order valence-corrected chi connectivity index (χ3v) is 4.02. The van der Waals surface area contributed by atoms with Gasteiger partial charge < -0.3 is 10.6 Å². The van der Waals surface area contributed by atoms with Gasteiger partial charge in [0.15, 0.2) is 0 Å². The van der Waals surface area contributed by atoms with Crippen molar-refractivity contribution in [1.29, 1.82) is 0 Å². The number of hydrogen-bond acceptors (Lipinski definition) is 2. The predicted octanol–water partition coefficient (Wildman–Crippen LogP) is 3.59. The highest BCUT2D eigenvalue weighted by Gasteiger charge is 2.20. The topological polar surface area (TPSA) is 41.1 Å². The van der Waals surface area contributed by atoms with Gasteiger partial charge in [-0.2, -0.15) is 0 Å². The molecule has 1 aliphatic rings. The Morgan fingerprint density at radius 2 is 2.00 bits per heavy atom. The fraction of sp³-hybridized carbons (Fsp3) is 0.471. The molecule has 1 aromatic carbocycles. The maximum Gasteiger partial charge on any atom is 0.251 e. The highest BCUT2D eigenvalue weighted by atomic mass is 16.1. The van der Waals surface area contributed by atoms with Gasteiger partial charge in [-0.3, -0.25) is 4.79 Å². The van der Waals surface area contributed by atoms with Crippen LogP contribution in [0.15, 0.2) is 36.9 Å². The van der Waals surface area contributed by atoms with Crippen molar-refractivity contribution in [3.63, 3.8) is 0 Å². The van der Waals surface area contributed by atoms with Crippen LogP contribution in [0, 0.1) is 5.92 Å². The molecule has 20 heavy (non-hydrogen) atoms. The highest BCUT2D eigenvalue weighted by Crippen LogP contribution is 2.26. The average molecular weight is 272 g/mol. The summed E-state index contributed by atoms with van der Waals surface area (Å²) in [6, 6.07) is 8.28. The number of hydrogen-bond donors (Lipinski definition) is 2. The van der Waals surface area contributed by atoms with Crippen LogP contribution in [0.3, 0.4) is 0 Å². The van der Waals surface area contributed by atoms with Gasteiger partial charge in [-0.25, -0.2) is 0 Å². The molecule has 1 saturated carbocycles. The van der Waals surface area contributed by atoms with Crippen molar-refractivity contribution in [2.75, 3.05) is 11.9 Å². The summed E-state index contributed by atoms with van der Waals surface area (Å²) < 4.78 is 0. The van der Waals surface area contributed by atoms with E-state index in [4.69, 9.17) is 0 Å². The molecule has 2 atom stereocenters. The second kappa shape index (κ2) is 7.13. The summed E-state index contributed by atoms with van der Waals surface area (Å²) in [5, 5.41) is 6.37. The van der Waals surface area contributed by atoms with Crippen LogP contribution < -0.4 is 10.6 Å². The number of rotatable bonds is 5. The number of carbonyl (C=O) groups excluding carboxylic acids is 1. The molecule has 1 amide bonds. The molecular weight excluding hydrogens is 248 g/mol. The van der Waals surface area contributed by atoms with Gasteiger partial charge in [0.25, 0.3) is 5.91 Å². The first-order valence-electron chi connectivity index (χ1n) is 7.46. The molecule has 1 aliphatic carbocycles. The number of anilines is 1. The van der Waals surface area contributed by atoms with Crippen LogP contribution in [0.1, 0.15) is 43.0 Å². The van der Waals surface area contributed by atoms with Crippen LogP contribution >= 0.6 is 0 Å². The van der Waals surface area contributed by atoms with Gasteiger partial charge in [0.2, 0.25) is 0 Å². The Labute approximate surface area is 121 Å². The Bertz CT molecular complexity index is 453. The summed E-state index contributed by atoms with van der Waals surface area (Å²) in [5.41, 5.74) is 1.79. The molecule has 2 N–H and O–H groups in total. The van der Waals surface area contributed by atoms with E-state index >= 15 is 0 Å². The Morgan fingerprint density at radius 1 is 1.30 bits per heavy atom. The Hall–Kier alpha value is -1.77. The molecule has 108 valence electrons. The Balaban J connectivity index is 1.94. The minimum Gasteiger partial charge on any atom is -0.382 e. The van der Waals surface area contributed by atoms with Crippen LogP contribution in [0.4, 0.5) is 5.69 Å². The number of nitrogens with one attached hydrogen (secondary N) is 2. The zero-order valence-corrected chi connectivity index (χ0v) is 12.2. The zero-order valence-electron chi connectivity index (χ0n) is 12.2. The van der Waals surface area contributed by atoms with E-state index in [2.05, 4.69) is 24.1 Å². The molecule has 3 heteroatoms. The van der Waals surface area contributed by atoms with Crippen molar-refractivity contribution in [2.45, 2.75) is 38.6 Å². The van der Waals surface area contributed by atoms with Crippen LogP contribution in [0.25, 0.3) is 0 Å². The van der Waals surface area contributed by atoms with Crippen molar-refractivity contribution in [3.05, 3.63) is 42.5 Å². The number of amides is 1. The second-order valence-corrected chi connectivity index (χ2v) is 5.59. The molecule has 1 fully saturated rings. The summed E-state index contributed by atoms with van der Waals surface area (Å²) in [7, 11) is 0. The first-order valence-corrected chi connectivity index (χ1v) is 7.46. The van der Waals surface area contributed by atoms with E-state index in [1.54, 1.807) is 6.08 Å². The van der Waals surface area contributed by atoms with Crippen molar-refractivity contribution in [2.24, 2.45) is 5.92 Å². The summed E-state index contributed by atoms with van der Waals surface area (Å²) in [4.78, 5) is 11.8. The van der Waals surface area contributed by atoms with Crippen LogP contribution in [0.2, 0.25) is 0 Å². The van der Waals surface area contributed by atoms with Crippen molar-refractivity contribution < 1.29 is 4.79 Å². The highest BCUT2D eigenvalue weighted by molar-refractivity contribution is 5.94. The number of carbonyl (C=O) groups is 1. The smallest absolute Gasteiger partial charge is 0.251 e. The first kappa shape index (κ1) is 14.6. The third-order valence-electron chi connectivity index (χ3n) is 4.02. The molecule has 0 aliphatic heterocycles. The average Bonchev–Trinajstić information content (AvgIpc) is 2.48. The minimum absolute atomic E-state index is 0.0533. The van der Waals surface area contributed by atoms with E-state index < -0.39 is 0 Å². The second-order valence-electron chi connectivity index (χ2n) is 5.59. The molecule has 0 spiro atoms. The van der Waals surface area contributed by atoms with Gasteiger partial charge in [-0.15, -0.1) is 6.58 Å². The monoisotopic (exact) mass is 272 g/mol. The van der Waals surface area contributed by atoms with Gasteiger partial charge >= 0.3 is 0 Å². The molecule has 0 bridgehead atoms. The van der Waals surface area contributed by atoms with E-state index in [0.717, 1.165) is 11.6 Å². The Morgan fingerprint density at radius 3 is 2.65 bits per heavy atom. The lowest BCUT2D eigenvalue weighted by Crippen LogP contribution is -2.30. The maximum absolute atomic E-state index is 11.8. The number of benzene rings is 1. The molecule has 0 saturated heterocycles. The lowest BCUT2D eigenvalue weighted by atomic mass is 9.86. The van der Waals surface area contributed by atoms with Gasteiger partial charge in [-0.1, -0.05) is 25.8 Å². The van der Waals surface area contributed by atoms with Crippen LogP contribution in [-0.2, 0) is 0 Å². The molecule has 0 aromatic heterocycles. The molecule has 3 nitrogen and oxygen atoms in total.